The molecule has 0 saturated carbocycles. The lowest BCUT2D eigenvalue weighted by molar-refractivity contribution is 0.527. The molecule has 0 spiro atoms. The Hall–Kier alpha value is -1.30. The van der Waals surface area contributed by atoms with Gasteiger partial charge in [-0.15, -0.1) is 0 Å². The Labute approximate surface area is 118 Å². The third-order valence-corrected chi connectivity index (χ3v) is 4.39. The second-order valence-electron chi connectivity index (χ2n) is 6.27. The third-order valence-electron chi connectivity index (χ3n) is 4.39. The van der Waals surface area contributed by atoms with Crippen molar-refractivity contribution in [3.05, 3.63) is 53.1 Å². The lowest BCUT2D eigenvalue weighted by Crippen LogP contribution is -2.10. The van der Waals surface area contributed by atoms with E-state index in [1.807, 2.05) is 0 Å². The van der Waals surface area contributed by atoms with Crippen molar-refractivity contribution < 1.29 is 0 Å². The molecule has 1 aromatic rings. The molecule has 0 nitrogen and oxygen atoms in total. The average Bonchev–Trinajstić information content (AvgIpc) is 2.40. The van der Waals surface area contributed by atoms with Gasteiger partial charge in [0.2, 0.25) is 0 Å². The summed E-state index contributed by atoms with van der Waals surface area (Å²) < 4.78 is 0. The van der Waals surface area contributed by atoms with Crippen molar-refractivity contribution >= 4 is 5.57 Å². The van der Waals surface area contributed by atoms with Crippen LogP contribution in [0.1, 0.15) is 75.5 Å². The fourth-order valence-corrected chi connectivity index (χ4v) is 2.95. The Kier molecular flexibility index (Phi) is 4.29. The average molecular weight is 254 g/mol. The van der Waals surface area contributed by atoms with Gasteiger partial charge in [0, 0.05) is 0 Å². The predicted molar refractivity (Wildman–Crippen MR) is 85.6 cm³/mol. The summed E-state index contributed by atoms with van der Waals surface area (Å²) in [6.07, 6.45) is 5.93. The number of rotatable bonds is 3. The van der Waals surface area contributed by atoms with E-state index in [1.54, 1.807) is 11.1 Å². The first kappa shape index (κ1) is 14.1. The van der Waals surface area contributed by atoms with Crippen LogP contribution >= 0.6 is 0 Å². The first-order valence-electron chi connectivity index (χ1n) is 7.44. The van der Waals surface area contributed by atoms with E-state index in [-0.39, 0.29) is 0 Å². The molecule has 102 valence electrons. The van der Waals surface area contributed by atoms with Crippen molar-refractivity contribution in [2.24, 2.45) is 0 Å². The fourth-order valence-electron chi connectivity index (χ4n) is 2.95. The molecule has 2 rings (SSSR count). The second kappa shape index (κ2) is 5.77. The smallest absolute Gasteiger partial charge is 0.0138 e. The highest BCUT2D eigenvalue weighted by Gasteiger charge is 2.21. The first-order chi connectivity index (χ1) is 8.99. The van der Waals surface area contributed by atoms with Gasteiger partial charge in [0.15, 0.2) is 0 Å². The molecule has 2 atom stereocenters. The lowest BCUT2D eigenvalue weighted by atomic mass is 9.77. The van der Waals surface area contributed by atoms with Crippen LogP contribution in [-0.2, 0) is 0 Å². The normalized spacial score (nSPS) is 23.1. The van der Waals surface area contributed by atoms with Gasteiger partial charge in [0.1, 0.15) is 0 Å². The zero-order chi connectivity index (χ0) is 14.0. The van der Waals surface area contributed by atoms with E-state index in [1.165, 1.54) is 29.6 Å². The summed E-state index contributed by atoms with van der Waals surface area (Å²) in [5, 5.41) is 0. The monoisotopic (exact) mass is 254 g/mol. The number of allylic oxidation sites excluding steroid dienone is 3. The molecule has 0 radical (unpaired) electrons. The molecule has 0 amide bonds. The van der Waals surface area contributed by atoms with Crippen molar-refractivity contribution in [1.29, 1.82) is 0 Å². The zero-order valence-corrected chi connectivity index (χ0v) is 12.8. The van der Waals surface area contributed by atoms with Crippen molar-refractivity contribution in [1.82, 2.24) is 0 Å². The van der Waals surface area contributed by atoms with Crippen LogP contribution in [0.25, 0.3) is 5.57 Å². The minimum Gasteiger partial charge on any atom is -0.0998 e. The SMILES string of the molecule is C=C(C)C/C=C(\C)c1ccc2c(c1)C(C)CCC2C. The van der Waals surface area contributed by atoms with Crippen molar-refractivity contribution in [2.45, 2.75) is 58.8 Å². The third kappa shape index (κ3) is 3.18. The maximum atomic E-state index is 3.97. The van der Waals surface area contributed by atoms with Gasteiger partial charge in [-0.25, -0.2) is 0 Å². The molecule has 0 heteroatoms. The Morgan fingerprint density at radius 1 is 1.16 bits per heavy atom. The Bertz CT molecular complexity index is 505. The molecule has 0 saturated heterocycles. The molecule has 19 heavy (non-hydrogen) atoms. The van der Waals surface area contributed by atoms with Crippen molar-refractivity contribution in [2.75, 3.05) is 0 Å². The van der Waals surface area contributed by atoms with E-state index in [0.717, 1.165) is 12.3 Å². The highest BCUT2D eigenvalue weighted by atomic mass is 14.3. The van der Waals surface area contributed by atoms with Crippen LogP contribution in [-0.4, -0.2) is 0 Å². The van der Waals surface area contributed by atoms with E-state index in [0.29, 0.717) is 5.92 Å². The quantitative estimate of drug-likeness (QED) is 0.575. The summed E-state index contributed by atoms with van der Waals surface area (Å²) in [6.45, 7) is 13.0. The largest absolute Gasteiger partial charge is 0.0998 e. The van der Waals surface area contributed by atoms with Gasteiger partial charge in [-0.1, -0.05) is 50.3 Å². The van der Waals surface area contributed by atoms with Crippen LogP contribution in [0.4, 0.5) is 0 Å². The molecule has 0 heterocycles. The Balaban J connectivity index is 2.32. The summed E-state index contributed by atoms with van der Waals surface area (Å²) >= 11 is 0. The molecule has 0 N–H and O–H groups in total. The number of benzene rings is 1. The van der Waals surface area contributed by atoms with Gasteiger partial charge in [-0.3, -0.25) is 0 Å². The van der Waals surface area contributed by atoms with Gasteiger partial charge >= 0.3 is 0 Å². The lowest BCUT2D eigenvalue weighted by Gasteiger charge is -2.28. The summed E-state index contributed by atoms with van der Waals surface area (Å²) in [4.78, 5) is 0. The van der Waals surface area contributed by atoms with Gasteiger partial charge < -0.3 is 0 Å². The maximum absolute atomic E-state index is 3.97. The summed E-state index contributed by atoms with van der Waals surface area (Å²) in [7, 11) is 0. The van der Waals surface area contributed by atoms with Gasteiger partial charge in [0.25, 0.3) is 0 Å². The minimum absolute atomic E-state index is 0.708. The Morgan fingerprint density at radius 3 is 2.42 bits per heavy atom. The molecular formula is C19H26. The zero-order valence-electron chi connectivity index (χ0n) is 12.8. The highest BCUT2D eigenvalue weighted by molar-refractivity contribution is 5.65. The Morgan fingerprint density at radius 2 is 1.79 bits per heavy atom. The van der Waals surface area contributed by atoms with Crippen LogP contribution in [0.3, 0.4) is 0 Å². The predicted octanol–water partition coefficient (Wildman–Crippen LogP) is 6.06. The van der Waals surface area contributed by atoms with E-state index >= 15 is 0 Å². The molecule has 1 aromatic carbocycles. The number of hydrogen-bond donors (Lipinski definition) is 0. The number of fused-ring (bicyclic) bond motifs is 1. The van der Waals surface area contributed by atoms with Crippen molar-refractivity contribution in [3.8, 4) is 0 Å². The van der Waals surface area contributed by atoms with Gasteiger partial charge in [-0.05, 0) is 67.2 Å². The molecule has 1 aliphatic rings. The maximum Gasteiger partial charge on any atom is -0.0138 e. The molecule has 2 unspecified atom stereocenters. The second-order valence-corrected chi connectivity index (χ2v) is 6.27. The van der Waals surface area contributed by atoms with Gasteiger partial charge in [0.05, 0.1) is 0 Å². The van der Waals surface area contributed by atoms with Crippen LogP contribution in [0.2, 0.25) is 0 Å². The molecule has 0 fully saturated rings. The summed E-state index contributed by atoms with van der Waals surface area (Å²) in [5.74, 6) is 1.43. The highest BCUT2D eigenvalue weighted by Crippen LogP contribution is 2.39. The molecular weight excluding hydrogens is 228 g/mol. The topological polar surface area (TPSA) is 0 Å². The van der Waals surface area contributed by atoms with Crippen LogP contribution in [0, 0.1) is 0 Å². The minimum atomic E-state index is 0.708. The van der Waals surface area contributed by atoms with Crippen LogP contribution in [0.5, 0.6) is 0 Å². The fraction of sp³-hybridized carbons (Fsp3) is 0.474. The van der Waals surface area contributed by atoms with Crippen LogP contribution < -0.4 is 0 Å². The first-order valence-corrected chi connectivity index (χ1v) is 7.44. The standard InChI is InChI=1S/C19H26/c1-13(2)6-7-14(3)17-10-11-18-15(4)8-9-16(5)19(18)12-17/h7,10-12,15-16H,1,6,8-9H2,2-5H3/b14-7+. The van der Waals surface area contributed by atoms with E-state index in [9.17, 15) is 0 Å². The molecule has 0 bridgehead atoms. The van der Waals surface area contributed by atoms with Crippen molar-refractivity contribution in [3.63, 3.8) is 0 Å². The summed E-state index contributed by atoms with van der Waals surface area (Å²) in [6, 6.07) is 7.06. The van der Waals surface area contributed by atoms with E-state index in [4.69, 9.17) is 0 Å². The van der Waals surface area contributed by atoms with Gasteiger partial charge in [-0.2, -0.15) is 0 Å². The summed E-state index contributed by atoms with van der Waals surface area (Å²) in [5.41, 5.74) is 7.10. The van der Waals surface area contributed by atoms with E-state index in [2.05, 4.69) is 58.5 Å². The van der Waals surface area contributed by atoms with Crippen LogP contribution in [0.15, 0.2) is 36.4 Å². The molecule has 1 aliphatic carbocycles. The number of hydrogen-bond acceptors (Lipinski definition) is 0. The molecule has 0 aliphatic heterocycles. The van der Waals surface area contributed by atoms with E-state index < -0.39 is 0 Å². The molecule has 0 aromatic heterocycles.